The highest BCUT2D eigenvalue weighted by atomic mass is 79.9. The first-order chi connectivity index (χ1) is 6.18. The van der Waals surface area contributed by atoms with Gasteiger partial charge in [-0.2, -0.15) is 0 Å². The maximum atomic E-state index is 11.0. The summed E-state index contributed by atoms with van der Waals surface area (Å²) in [5.41, 5.74) is 1.93. The minimum Gasteiger partial charge on any atom is -0.295 e. The average Bonchev–Trinajstić information content (AvgIpc) is 2.60. The van der Waals surface area contributed by atoms with E-state index in [0.717, 1.165) is 17.7 Å². The van der Waals surface area contributed by atoms with Gasteiger partial charge in [0.25, 0.3) is 0 Å². The molecule has 0 N–H and O–H groups in total. The summed E-state index contributed by atoms with van der Waals surface area (Å²) in [5, 5.41) is 7.72. The van der Waals surface area contributed by atoms with Crippen molar-refractivity contribution in [3.05, 3.63) is 16.4 Å². The van der Waals surface area contributed by atoms with Crippen molar-refractivity contribution in [2.24, 2.45) is 7.05 Å². The molecule has 0 bridgehead atoms. The first kappa shape index (κ1) is 8.62. The molecule has 0 saturated carbocycles. The van der Waals surface area contributed by atoms with Gasteiger partial charge in [-0.05, 0) is 34.0 Å². The van der Waals surface area contributed by atoms with Gasteiger partial charge in [0.15, 0.2) is 10.4 Å². The van der Waals surface area contributed by atoms with Crippen LogP contribution >= 0.6 is 15.9 Å². The van der Waals surface area contributed by atoms with E-state index in [9.17, 15) is 4.79 Å². The molecule has 2 rings (SSSR count). The molecular weight excluding hydrogens is 234 g/mol. The minimum atomic E-state index is 0.183. The maximum Gasteiger partial charge on any atom is 0.156 e. The summed E-state index contributed by atoms with van der Waals surface area (Å²) < 4.78 is 2.38. The van der Waals surface area contributed by atoms with E-state index in [4.69, 9.17) is 0 Å². The van der Waals surface area contributed by atoms with Gasteiger partial charge in [-0.25, -0.2) is 4.68 Å². The molecule has 5 heteroatoms. The smallest absolute Gasteiger partial charge is 0.156 e. The van der Waals surface area contributed by atoms with Gasteiger partial charge in [-0.15, -0.1) is 5.10 Å². The summed E-state index contributed by atoms with van der Waals surface area (Å²) in [6, 6.07) is 0. The Bertz CT molecular complexity index is 375. The maximum absolute atomic E-state index is 11.0. The van der Waals surface area contributed by atoms with Gasteiger partial charge in [0.1, 0.15) is 0 Å². The predicted molar refractivity (Wildman–Crippen MR) is 50.9 cm³/mol. The molecule has 0 radical (unpaired) electrons. The van der Waals surface area contributed by atoms with Gasteiger partial charge in [-0.3, -0.25) is 4.79 Å². The van der Waals surface area contributed by atoms with Gasteiger partial charge in [0.05, 0.1) is 5.69 Å². The third-order valence-corrected chi connectivity index (χ3v) is 2.60. The van der Waals surface area contributed by atoms with Crippen LogP contribution in [0.3, 0.4) is 0 Å². The number of hydrogen-bond donors (Lipinski definition) is 0. The molecule has 1 aliphatic carbocycles. The summed E-state index contributed by atoms with van der Waals surface area (Å²) in [5.74, 6) is 0.183. The van der Waals surface area contributed by atoms with Crippen LogP contribution in [0, 0.1) is 0 Å². The molecule has 0 saturated heterocycles. The van der Waals surface area contributed by atoms with Gasteiger partial charge in [0, 0.05) is 13.5 Å². The molecular formula is C8H8BrN3O. The lowest BCUT2D eigenvalue weighted by molar-refractivity contribution is -0.114. The van der Waals surface area contributed by atoms with E-state index >= 15 is 0 Å². The highest BCUT2D eigenvalue weighted by Gasteiger charge is 2.19. The molecule has 0 aliphatic heterocycles. The third kappa shape index (κ3) is 1.44. The lowest BCUT2D eigenvalue weighted by atomic mass is 10.2. The fourth-order valence-corrected chi connectivity index (χ4v) is 2.04. The van der Waals surface area contributed by atoms with Crippen LogP contribution in [0.2, 0.25) is 0 Å². The second-order valence-corrected chi connectivity index (χ2v) is 3.74. The number of nitrogens with zero attached hydrogens (tertiary/aromatic N) is 3. The molecule has 0 atom stereocenters. The SMILES string of the molecule is Cn1nnc(Br)c1C1=CC(=O)CC1. The largest absolute Gasteiger partial charge is 0.295 e. The minimum absolute atomic E-state index is 0.183. The second kappa shape index (κ2) is 3.06. The van der Waals surface area contributed by atoms with Gasteiger partial charge < -0.3 is 0 Å². The van der Waals surface area contributed by atoms with E-state index < -0.39 is 0 Å². The lowest BCUT2D eigenvalue weighted by Crippen LogP contribution is -1.96. The van der Waals surface area contributed by atoms with Crippen molar-refractivity contribution in [2.45, 2.75) is 12.8 Å². The lowest BCUT2D eigenvalue weighted by Gasteiger charge is -2.00. The van der Waals surface area contributed by atoms with Crippen LogP contribution in [0.25, 0.3) is 5.57 Å². The van der Waals surface area contributed by atoms with Gasteiger partial charge >= 0.3 is 0 Å². The number of allylic oxidation sites excluding steroid dienone is 2. The number of rotatable bonds is 1. The van der Waals surface area contributed by atoms with Crippen molar-refractivity contribution < 1.29 is 4.79 Å². The summed E-state index contributed by atoms with van der Waals surface area (Å²) in [4.78, 5) is 11.0. The van der Waals surface area contributed by atoms with Crippen molar-refractivity contribution in [1.29, 1.82) is 0 Å². The van der Waals surface area contributed by atoms with Crippen LogP contribution in [0.5, 0.6) is 0 Å². The highest BCUT2D eigenvalue weighted by molar-refractivity contribution is 9.10. The van der Waals surface area contributed by atoms with Crippen LogP contribution in [0.4, 0.5) is 0 Å². The Kier molecular flexibility index (Phi) is 2.03. The number of aryl methyl sites for hydroxylation is 1. The summed E-state index contributed by atoms with van der Waals surface area (Å²) in [7, 11) is 1.82. The quantitative estimate of drug-likeness (QED) is 0.746. The zero-order valence-corrected chi connectivity index (χ0v) is 8.71. The van der Waals surface area contributed by atoms with Crippen LogP contribution < -0.4 is 0 Å². The van der Waals surface area contributed by atoms with Crippen LogP contribution in [-0.4, -0.2) is 20.8 Å². The molecule has 13 heavy (non-hydrogen) atoms. The van der Waals surface area contributed by atoms with Crippen LogP contribution in [0.1, 0.15) is 18.5 Å². The van der Waals surface area contributed by atoms with Gasteiger partial charge in [0.2, 0.25) is 0 Å². The van der Waals surface area contributed by atoms with Crippen molar-refractivity contribution in [3.8, 4) is 0 Å². The topological polar surface area (TPSA) is 47.8 Å². The molecule has 0 fully saturated rings. The molecule has 1 aromatic rings. The molecule has 1 aliphatic rings. The normalized spacial score (nSPS) is 16.5. The van der Waals surface area contributed by atoms with E-state index in [1.165, 1.54) is 0 Å². The molecule has 68 valence electrons. The zero-order chi connectivity index (χ0) is 9.42. The zero-order valence-electron chi connectivity index (χ0n) is 7.12. The summed E-state index contributed by atoms with van der Waals surface area (Å²) in [6.07, 6.45) is 3.06. The van der Waals surface area contributed by atoms with E-state index in [1.807, 2.05) is 7.05 Å². The number of ketones is 1. The van der Waals surface area contributed by atoms with E-state index in [-0.39, 0.29) is 5.78 Å². The molecule has 0 aromatic carbocycles. The molecule has 0 spiro atoms. The number of hydrogen-bond acceptors (Lipinski definition) is 3. The second-order valence-electron chi connectivity index (χ2n) is 2.99. The van der Waals surface area contributed by atoms with E-state index in [0.29, 0.717) is 11.0 Å². The molecule has 4 nitrogen and oxygen atoms in total. The third-order valence-electron chi connectivity index (χ3n) is 2.07. The number of aromatic nitrogens is 3. The van der Waals surface area contributed by atoms with Crippen molar-refractivity contribution in [3.63, 3.8) is 0 Å². The Balaban J connectivity index is 2.46. The first-order valence-electron chi connectivity index (χ1n) is 3.97. The molecule has 0 unspecified atom stereocenters. The molecule has 0 amide bonds. The van der Waals surface area contributed by atoms with Crippen molar-refractivity contribution in [1.82, 2.24) is 15.0 Å². The standard InChI is InChI=1S/C8H8BrN3O/c1-12-7(8(9)10-11-12)5-2-3-6(13)4-5/h4H,2-3H2,1H3. The Morgan fingerprint density at radius 2 is 2.31 bits per heavy atom. The monoisotopic (exact) mass is 241 g/mol. The fraction of sp³-hybridized carbons (Fsp3) is 0.375. The Labute approximate surface area is 83.8 Å². The van der Waals surface area contributed by atoms with E-state index in [1.54, 1.807) is 10.8 Å². The highest BCUT2D eigenvalue weighted by Crippen LogP contribution is 2.29. The van der Waals surface area contributed by atoms with Crippen LogP contribution in [-0.2, 0) is 11.8 Å². The Hall–Kier alpha value is -0.970. The van der Waals surface area contributed by atoms with Crippen molar-refractivity contribution >= 4 is 27.3 Å². The summed E-state index contributed by atoms with van der Waals surface area (Å²) >= 11 is 3.30. The average molecular weight is 242 g/mol. The Morgan fingerprint density at radius 1 is 1.54 bits per heavy atom. The van der Waals surface area contributed by atoms with Crippen LogP contribution in [0.15, 0.2) is 10.7 Å². The summed E-state index contributed by atoms with van der Waals surface area (Å²) in [6.45, 7) is 0. The fourth-order valence-electron chi connectivity index (χ4n) is 1.46. The Morgan fingerprint density at radius 3 is 2.77 bits per heavy atom. The number of carbonyl (C=O) groups excluding carboxylic acids is 1. The van der Waals surface area contributed by atoms with E-state index in [2.05, 4.69) is 26.2 Å². The van der Waals surface area contributed by atoms with Gasteiger partial charge in [-0.1, -0.05) is 5.21 Å². The number of carbonyl (C=O) groups is 1. The first-order valence-corrected chi connectivity index (χ1v) is 4.76. The predicted octanol–water partition coefficient (Wildman–Crippen LogP) is 1.32. The van der Waals surface area contributed by atoms with Crippen molar-refractivity contribution in [2.75, 3.05) is 0 Å². The number of halogens is 1. The molecule has 1 aromatic heterocycles. The molecule has 1 heterocycles.